The van der Waals surface area contributed by atoms with Gasteiger partial charge in [0.2, 0.25) is 0 Å². The van der Waals surface area contributed by atoms with Crippen molar-refractivity contribution in [1.82, 2.24) is 10.2 Å². The molecule has 2 amide bonds. The largest absolute Gasteiger partial charge is 0.322 e. The van der Waals surface area contributed by atoms with Gasteiger partial charge >= 0.3 is 6.03 Å². The van der Waals surface area contributed by atoms with E-state index in [1.807, 2.05) is 43.0 Å². The van der Waals surface area contributed by atoms with Crippen LogP contribution >= 0.6 is 0 Å². The van der Waals surface area contributed by atoms with E-state index in [9.17, 15) is 4.79 Å². The van der Waals surface area contributed by atoms with E-state index in [1.165, 1.54) is 5.56 Å². The topological polar surface area (TPSA) is 44.4 Å². The first kappa shape index (κ1) is 12.9. The zero-order valence-corrected chi connectivity index (χ0v) is 11.1. The van der Waals surface area contributed by atoms with Gasteiger partial charge in [0.15, 0.2) is 0 Å². The second kappa shape index (κ2) is 5.87. The first-order valence-corrected chi connectivity index (χ1v) is 6.55. The van der Waals surface area contributed by atoms with Gasteiger partial charge in [-0.2, -0.15) is 0 Å². The van der Waals surface area contributed by atoms with Gasteiger partial charge in [-0.05, 0) is 38.9 Å². The first-order chi connectivity index (χ1) is 8.70. The molecule has 1 saturated heterocycles. The normalized spacial score (nSPS) is 18.7. The number of rotatable bonds is 3. The number of benzene rings is 1. The van der Waals surface area contributed by atoms with Gasteiger partial charge in [0.05, 0.1) is 0 Å². The van der Waals surface area contributed by atoms with Crippen molar-refractivity contribution in [2.24, 2.45) is 0 Å². The van der Waals surface area contributed by atoms with Gasteiger partial charge in [0.1, 0.15) is 0 Å². The molecule has 0 bridgehead atoms. The smallest absolute Gasteiger partial charge is 0.321 e. The SMILES string of the molecule is CCN(C(=O)Nc1ccc(C)cc1)C1CCNC1. The molecule has 0 saturated carbocycles. The van der Waals surface area contributed by atoms with E-state index in [4.69, 9.17) is 0 Å². The fraction of sp³-hybridized carbons (Fsp3) is 0.500. The van der Waals surface area contributed by atoms with Crippen LogP contribution in [0.25, 0.3) is 0 Å². The summed E-state index contributed by atoms with van der Waals surface area (Å²) in [6, 6.07) is 8.20. The summed E-state index contributed by atoms with van der Waals surface area (Å²) in [6.07, 6.45) is 1.04. The Labute approximate surface area is 108 Å². The summed E-state index contributed by atoms with van der Waals surface area (Å²) in [4.78, 5) is 14.1. The predicted molar refractivity (Wildman–Crippen MR) is 73.9 cm³/mol. The first-order valence-electron chi connectivity index (χ1n) is 6.55. The zero-order chi connectivity index (χ0) is 13.0. The summed E-state index contributed by atoms with van der Waals surface area (Å²) in [5.41, 5.74) is 2.05. The number of urea groups is 1. The van der Waals surface area contributed by atoms with Crippen molar-refractivity contribution < 1.29 is 4.79 Å². The van der Waals surface area contributed by atoms with Gasteiger partial charge in [0, 0.05) is 24.8 Å². The lowest BCUT2D eigenvalue weighted by molar-refractivity contribution is 0.196. The highest BCUT2D eigenvalue weighted by Gasteiger charge is 2.24. The van der Waals surface area contributed by atoms with Crippen LogP contribution < -0.4 is 10.6 Å². The molecule has 1 aromatic carbocycles. The summed E-state index contributed by atoms with van der Waals surface area (Å²) < 4.78 is 0. The summed E-state index contributed by atoms with van der Waals surface area (Å²) >= 11 is 0. The van der Waals surface area contributed by atoms with E-state index >= 15 is 0 Å². The van der Waals surface area contributed by atoms with Gasteiger partial charge in [-0.25, -0.2) is 4.79 Å². The van der Waals surface area contributed by atoms with Crippen molar-refractivity contribution in [1.29, 1.82) is 0 Å². The van der Waals surface area contributed by atoms with Crippen LogP contribution in [-0.4, -0.2) is 36.6 Å². The second-order valence-electron chi connectivity index (χ2n) is 4.73. The van der Waals surface area contributed by atoms with Gasteiger partial charge in [-0.1, -0.05) is 17.7 Å². The lowest BCUT2D eigenvalue weighted by atomic mass is 10.2. The molecule has 18 heavy (non-hydrogen) atoms. The molecule has 1 fully saturated rings. The van der Waals surface area contributed by atoms with Gasteiger partial charge in [-0.15, -0.1) is 0 Å². The van der Waals surface area contributed by atoms with Crippen LogP contribution in [0.2, 0.25) is 0 Å². The molecule has 1 unspecified atom stereocenters. The van der Waals surface area contributed by atoms with Crippen molar-refractivity contribution in [2.75, 3.05) is 25.0 Å². The molecule has 1 aliphatic heterocycles. The molecule has 0 aliphatic carbocycles. The van der Waals surface area contributed by atoms with Gasteiger partial charge in [0.25, 0.3) is 0 Å². The number of carbonyl (C=O) groups excluding carboxylic acids is 1. The van der Waals surface area contributed by atoms with E-state index in [0.717, 1.165) is 31.7 Å². The standard InChI is InChI=1S/C14H21N3O/c1-3-17(13-8-9-15-10-13)14(18)16-12-6-4-11(2)5-7-12/h4-7,13,15H,3,8-10H2,1-2H3,(H,16,18). The summed E-state index contributed by atoms with van der Waals surface area (Å²) in [6.45, 7) is 6.69. The molecule has 1 atom stereocenters. The van der Waals surface area contributed by atoms with Gasteiger partial charge < -0.3 is 15.5 Å². The van der Waals surface area contributed by atoms with E-state index in [2.05, 4.69) is 10.6 Å². The molecule has 2 rings (SSSR count). The van der Waals surface area contributed by atoms with Crippen molar-refractivity contribution in [3.8, 4) is 0 Å². The Hall–Kier alpha value is -1.55. The quantitative estimate of drug-likeness (QED) is 0.860. The molecule has 1 aromatic rings. The maximum absolute atomic E-state index is 12.2. The minimum atomic E-state index is -0.00458. The molecule has 0 spiro atoms. The highest BCUT2D eigenvalue weighted by atomic mass is 16.2. The van der Waals surface area contributed by atoms with Gasteiger partial charge in [-0.3, -0.25) is 0 Å². The number of hydrogen-bond acceptors (Lipinski definition) is 2. The van der Waals surface area contributed by atoms with E-state index in [0.29, 0.717) is 6.04 Å². The Balaban J connectivity index is 1.98. The molecular weight excluding hydrogens is 226 g/mol. The molecule has 1 aliphatic rings. The van der Waals surface area contributed by atoms with E-state index in [-0.39, 0.29) is 6.03 Å². The Morgan fingerprint density at radius 1 is 1.44 bits per heavy atom. The molecule has 98 valence electrons. The molecule has 1 heterocycles. The third-order valence-electron chi connectivity index (χ3n) is 3.38. The third-order valence-corrected chi connectivity index (χ3v) is 3.38. The maximum Gasteiger partial charge on any atom is 0.322 e. The van der Waals surface area contributed by atoms with Crippen molar-refractivity contribution in [3.05, 3.63) is 29.8 Å². The molecule has 4 nitrogen and oxygen atoms in total. The third kappa shape index (κ3) is 3.01. The Kier molecular flexibility index (Phi) is 4.20. The van der Waals surface area contributed by atoms with Crippen molar-refractivity contribution in [2.45, 2.75) is 26.3 Å². The molecular formula is C14H21N3O. The number of likely N-dealkylation sites (N-methyl/N-ethyl adjacent to an activating group) is 1. The maximum atomic E-state index is 12.2. The fourth-order valence-electron chi connectivity index (χ4n) is 2.31. The molecule has 2 N–H and O–H groups in total. The Morgan fingerprint density at radius 2 is 2.17 bits per heavy atom. The minimum absolute atomic E-state index is 0.00458. The number of nitrogens with one attached hydrogen (secondary N) is 2. The summed E-state index contributed by atoms with van der Waals surface area (Å²) in [7, 11) is 0. The summed E-state index contributed by atoms with van der Waals surface area (Å²) in [5.74, 6) is 0. The average molecular weight is 247 g/mol. The number of amides is 2. The Morgan fingerprint density at radius 3 is 2.72 bits per heavy atom. The van der Waals surface area contributed by atoms with Crippen LogP contribution in [-0.2, 0) is 0 Å². The van der Waals surface area contributed by atoms with Crippen molar-refractivity contribution in [3.63, 3.8) is 0 Å². The number of aryl methyl sites for hydroxylation is 1. The lowest BCUT2D eigenvalue weighted by Crippen LogP contribution is -2.43. The highest BCUT2D eigenvalue weighted by Crippen LogP contribution is 2.13. The monoisotopic (exact) mass is 247 g/mol. The lowest BCUT2D eigenvalue weighted by Gasteiger charge is -2.27. The molecule has 0 aromatic heterocycles. The minimum Gasteiger partial charge on any atom is -0.321 e. The Bertz CT molecular complexity index is 396. The number of carbonyl (C=O) groups is 1. The highest BCUT2D eigenvalue weighted by molar-refractivity contribution is 5.89. The molecule has 0 radical (unpaired) electrons. The van der Waals surface area contributed by atoms with Crippen LogP contribution in [0.1, 0.15) is 18.9 Å². The zero-order valence-electron chi connectivity index (χ0n) is 11.1. The fourth-order valence-corrected chi connectivity index (χ4v) is 2.31. The van der Waals surface area contributed by atoms with Crippen LogP contribution in [0.3, 0.4) is 0 Å². The number of nitrogens with zero attached hydrogens (tertiary/aromatic N) is 1. The predicted octanol–water partition coefficient (Wildman–Crippen LogP) is 2.21. The van der Waals surface area contributed by atoms with E-state index in [1.54, 1.807) is 0 Å². The van der Waals surface area contributed by atoms with Crippen LogP contribution in [0.15, 0.2) is 24.3 Å². The summed E-state index contributed by atoms with van der Waals surface area (Å²) in [5, 5.41) is 6.25. The number of hydrogen-bond donors (Lipinski definition) is 2. The average Bonchev–Trinajstić information content (AvgIpc) is 2.87. The van der Waals surface area contributed by atoms with E-state index < -0.39 is 0 Å². The molecule has 4 heteroatoms. The van der Waals surface area contributed by atoms with Crippen LogP contribution in [0, 0.1) is 6.92 Å². The van der Waals surface area contributed by atoms with Crippen molar-refractivity contribution >= 4 is 11.7 Å². The number of anilines is 1. The van der Waals surface area contributed by atoms with Crippen LogP contribution in [0.4, 0.5) is 10.5 Å². The second-order valence-corrected chi connectivity index (χ2v) is 4.73. The van der Waals surface area contributed by atoms with Crippen LogP contribution in [0.5, 0.6) is 0 Å².